The predicted octanol–water partition coefficient (Wildman–Crippen LogP) is 4.30. The molecule has 3 aromatic rings. The molecule has 0 saturated carbocycles. The minimum Gasteiger partial charge on any atom is -0.493 e. The number of hydrogen-bond donors (Lipinski definition) is 1. The molecule has 1 aliphatic heterocycles. The number of rotatable bonds is 5. The van der Waals surface area contributed by atoms with Crippen LogP contribution in [0.15, 0.2) is 59.7 Å². The topological polar surface area (TPSA) is 52.1 Å². The lowest BCUT2D eigenvalue weighted by molar-refractivity contribution is 0.324. The zero-order chi connectivity index (χ0) is 18.8. The summed E-state index contributed by atoms with van der Waals surface area (Å²) < 4.78 is 16.3. The molecule has 0 fully saturated rings. The second-order valence-electron chi connectivity index (χ2n) is 6.43. The van der Waals surface area contributed by atoms with E-state index in [0.29, 0.717) is 17.2 Å². The Kier molecular flexibility index (Phi) is 4.59. The molecule has 0 amide bonds. The Bertz CT molecular complexity index is 983. The van der Waals surface area contributed by atoms with Crippen molar-refractivity contribution < 1.29 is 14.2 Å². The van der Waals surface area contributed by atoms with Crippen molar-refractivity contribution in [3.63, 3.8) is 0 Å². The van der Waals surface area contributed by atoms with Gasteiger partial charge in [0.15, 0.2) is 11.5 Å². The van der Waals surface area contributed by atoms with Gasteiger partial charge in [-0.1, -0.05) is 42.5 Å². The smallest absolute Gasteiger partial charge is 0.203 e. The maximum absolute atomic E-state index is 5.47. The first kappa shape index (κ1) is 17.2. The van der Waals surface area contributed by atoms with Gasteiger partial charge in [0.05, 0.1) is 33.1 Å². The summed E-state index contributed by atoms with van der Waals surface area (Å²) >= 11 is 0. The number of benzene rings is 3. The van der Waals surface area contributed by atoms with E-state index >= 15 is 0 Å². The first-order valence-corrected chi connectivity index (χ1v) is 8.85. The third-order valence-electron chi connectivity index (χ3n) is 4.95. The van der Waals surface area contributed by atoms with Crippen LogP contribution in [0.2, 0.25) is 0 Å². The minimum absolute atomic E-state index is 0.130. The van der Waals surface area contributed by atoms with Gasteiger partial charge in [-0.05, 0) is 28.5 Å². The van der Waals surface area contributed by atoms with Crippen LogP contribution in [-0.4, -0.2) is 27.0 Å². The molecule has 0 bridgehead atoms. The molecule has 5 heteroatoms. The molecule has 138 valence electrons. The van der Waals surface area contributed by atoms with Gasteiger partial charge in [-0.3, -0.25) is 0 Å². The van der Waals surface area contributed by atoms with Crippen LogP contribution < -0.4 is 19.6 Å². The summed E-state index contributed by atoms with van der Waals surface area (Å²) in [4.78, 5) is 0. The standard InChI is InChI=1S/C22H22N2O3/c1-25-20-11-15(12-21(26-2)22(20)27-3)18-13-19(24-23-18)17-10-6-8-14-7-4-5-9-16(14)17/h4-12,19,24H,13H2,1-3H3. The molecule has 5 nitrogen and oxygen atoms in total. The molecular weight excluding hydrogens is 340 g/mol. The number of nitrogens with one attached hydrogen (secondary N) is 1. The van der Waals surface area contributed by atoms with Crippen LogP contribution in [0.4, 0.5) is 0 Å². The van der Waals surface area contributed by atoms with Crippen molar-refractivity contribution in [2.24, 2.45) is 5.10 Å². The fourth-order valence-corrected chi connectivity index (χ4v) is 3.60. The van der Waals surface area contributed by atoms with Gasteiger partial charge in [-0.2, -0.15) is 5.10 Å². The summed E-state index contributed by atoms with van der Waals surface area (Å²) in [7, 11) is 4.84. The van der Waals surface area contributed by atoms with Gasteiger partial charge in [0.1, 0.15) is 0 Å². The Hall–Kier alpha value is -3.21. The van der Waals surface area contributed by atoms with Crippen molar-refractivity contribution in [3.05, 3.63) is 65.7 Å². The highest BCUT2D eigenvalue weighted by atomic mass is 16.5. The summed E-state index contributed by atoms with van der Waals surface area (Å²) in [6.07, 6.45) is 0.784. The predicted molar refractivity (Wildman–Crippen MR) is 107 cm³/mol. The Balaban J connectivity index is 1.66. The van der Waals surface area contributed by atoms with E-state index in [4.69, 9.17) is 14.2 Å². The Morgan fingerprint density at radius 3 is 2.30 bits per heavy atom. The molecular formula is C22H22N2O3. The highest BCUT2D eigenvalue weighted by Crippen LogP contribution is 2.39. The summed E-state index contributed by atoms with van der Waals surface area (Å²) in [6.45, 7) is 0. The lowest BCUT2D eigenvalue weighted by Gasteiger charge is -2.15. The highest BCUT2D eigenvalue weighted by Gasteiger charge is 2.24. The molecule has 0 spiro atoms. The van der Waals surface area contributed by atoms with Gasteiger partial charge in [-0.15, -0.1) is 0 Å². The second kappa shape index (κ2) is 7.19. The largest absolute Gasteiger partial charge is 0.493 e. The molecule has 0 aromatic heterocycles. The van der Waals surface area contributed by atoms with Crippen LogP contribution in [0, 0.1) is 0 Å². The van der Waals surface area contributed by atoms with Crippen LogP contribution in [-0.2, 0) is 0 Å². The number of ether oxygens (including phenoxy) is 3. The lowest BCUT2D eigenvalue weighted by Crippen LogP contribution is -2.10. The zero-order valence-electron chi connectivity index (χ0n) is 15.7. The number of nitrogens with zero attached hydrogens (tertiary/aromatic N) is 1. The summed E-state index contributed by atoms with van der Waals surface area (Å²) in [5, 5.41) is 7.07. The lowest BCUT2D eigenvalue weighted by atomic mass is 9.94. The molecule has 0 radical (unpaired) electrons. The van der Waals surface area contributed by atoms with Crippen LogP contribution in [0.1, 0.15) is 23.6 Å². The van der Waals surface area contributed by atoms with Gasteiger partial charge in [0.2, 0.25) is 5.75 Å². The quantitative estimate of drug-likeness (QED) is 0.735. The van der Waals surface area contributed by atoms with Crippen LogP contribution in [0.3, 0.4) is 0 Å². The molecule has 1 N–H and O–H groups in total. The van der Waals surface area contributed by atoms with Crippen molar-refractivity contribution in [2.75, 3.05) is 21.3 Å². The molecule has 1 aliphatic rings. The zero-order valence-corrected chi connectivity index (χ0v) is 15.7. The number of methoxy groups -OCH3 is 3. The average Bonchev–Trinajstić information content (AvgIpc) is 3.22. The monoisotopic (exact) mass is 362 g/mol. The van der Waals surface area contributed by atoms with Gasteiger partial charge in [0, 0.05) is 12.0 Å². The number of hydrazone groups is 1. The number of hydrogen-bond acceptors (Lipinski definition) is 5. The van der Waals surface area contributed by atoms with E-state index < -0.39 is 0 Å². The molecule has 0 aliphatic carbocycles. The van der Waals surface area contributed by atoms with Crippen molar-refractivity contribution in [3.8, 4) is 17.2 Å². The van der Waals surface area contributed by atoms with E-state index in [9.17, 15) is 0 Å². The van der Waals surface area contributed by atoms with Crippen molar-refractivity contribution in [1.82, 2.24) is 5.43 Å². The molecule has 1 atom stereocenters. The minimum atomic E-state index is 0.130. The van der Waals surface area contributed by atoms with E-state index in [2.05, 4.69) is 53.0 Å². The summed E-state index contributed by atoms with van der Waals surface area (Å²) in [5.74, 6) is 1.84. The fraction of sp³-hybridized carbons (Fsp3) is 0.227. The van der Waals surface area contributed by atoms with E-state index in [-0.39, 0.29) is 6.04 Å². The first-order chi connectivity index (χ1) is 13.2. The van der Waals surface area contributed by atoms with Crippen molar-refractivity contribution >= 4 is 16.5 Å². The summed E-state index contributed by atoms with van der Waals surface area (Å²) in [5.41, 5.74) is 6.46. The van der Waals surface area contributed by atoms with Gasteiger partial charge >= 0.3 is 0 Å². The van der Waals surface area contributed by atoms with Gasteiger partial charge in [-0.25, -0.2) is 0 Å². The molecule has 3 aromatic carbocycles. The van der Waals surface area contributed by atoms with Gasteiger partial charge in [0.25, 0.3) is 0 Å². The average molecular weight is 362 g/mol. The van der Waals surface area contributed by atoms with E-state index in [1.54, 1.807) is 21.3 Å². The Morgan fingerprint density at radius 2 is 1.59 bits per heavy atom. The fourth-order valence-electron chi connectivity index (χ4n) is 3.60. The van der Waals surface area contributed by atoms with E-state index in [1.165, 1.54) is 16.3 Å². The van der Waals surface area contributed by atoms with E-state index in [0.717, 1.165) is 17.7 Å². The van der Waals surface area contributed by atoms with Crippen LogP contribution >= 0.6 is 0 Å². The first-order valence-electron chi connectivity index (χ1n) is 8.85. The Morgan fingerprint density at radius 1 is 0.889 bits per heavy atom. The third kappa shape index (κ3) is 3.05. The van der Waals surface area contributed by atoms with Gasteiger partial charge < -0.3 is 19.6 Å². The summed E-state index contributed by atoms with van der Waals surface area (Å²) in [6, 6.07) is 18.8. The molecule has 27 heavy (non-hydrogen) atoms. The van der Waals surface area contributed by atoms with Crippen molar-refractivity contribution in [2.45, 2.75) is 12.5 Å². The van der Waals surface area contributed by atoms with Crippen LogP contribution in [0.5, 0.6) is 17.2 Å². The Labute approximate surface area is 158 Å². The molecule has 4 rings (SSSR count). The van der Waals surface area contributed by atoms with Crippen molar-refractivity contribution in [1.29, 1.82) is 0 Å². The maximum Gasteiger partial charge on any atom is 0.203 e. The maximum atomic E-state index is 5.47. The second-order valence-corrected chi connectivity index (χ2v) is 6.43. The van der Waals surface area contributed by atoms with Crippen LogP contribution in [0.25, 0.3) is 10.8 Å². The highest BCUT2D eigenvalue weighted by molar-refractivity contribution is 6.03. The third-order valence-corrected chi connectivity index (χ3v) is 4.95. The molecule has 0 saturated heterocycles. The number of fused-ring (bicyclic) bond motifs is 1. The molecule has 1 unspecified atom stereocenters. The van der Waals surface area contributed by atoms with E-state index in [1.807, 2.05) is 12.1 Å². The normalized spacial score (nSPS) is 16.0. The molecule has 1 heterocycles. The SMILES string of the molecule is COc1cc(C2=NNC(c3cccc4ccccc34)C2)cc(OC)c1OC.